The quantitative estimate of drug-likeness (QED) is 0.754. The van der Waals surface area contributed by atoms with Gasteiger partial charge in [-0.15, -0.1) is 0 Å². The minimum absolute atomic E-state index is 0.485. The van der Waals surface area contributed by atoms with Gasteiger partial charge in [0.15, 0.2) is 0 Å². The van der Waals surface area contributed by atoms with Crippen molar-refractivity contribution in [3.8, 4) is 5.75 Å². The molecule has 90 valence electrons. The van der Waals surface area contributed by atoms with Gasteiger partial charge >= 0.3 is 0 Å². The molecule has 1 atom stereocenters. The average molecular weight is 245 g/mol. The molecule has 0 aliphatic carbocycles. The van der Waals surface area contributed by atoms with Crippen molar-refractivity contribution < 1.29 is 17.7 Å². The molecule has 3 N–H and O–H groups in total. The highest BCUT2D eigenvalue weighted by atomic mass is 32.2. The van der Waals surface area contributed by atoms with Crippen molar-refractivity contribution in [3.05, 3.63) is 29.8 Å². The zero-order valence-electron chi connectivity index (χ0n) is 8.96. The van der Waals surface area contributed by atoms with Crippen LogP contribution >= 0.6 is 0 Å². The molecule has 0 bridgehead atoms. The molecule has 0 aromatic heterocycles. The van der Waals surface area contributed by atoms with Gasteiger partial charge in [0, 0.05) is 6.04 Å². The van der Waals surface area contributed by atoms with Gasteiger partial charge in [-0.1, -0.05) is 12.1 Å². The number of nitrogens with two attached hydrogens (primary N) is 1. The fraction of sp³-hybridized carbons (Fsp3) is 0.400. The summed E-state index contributed by atoms with van der Waals surface area (Å²) in [4.78, 5) is 0. The van der Waals surface area contributed by atoms with Crippen LogP contribution in [0.4, 0.5) is 0 Å². The topological polar surface area (TPSA) is 89.6 Å². The van der Waals surface area contributed by atoms with Crippen LogP contribution in [0.3, 0.4) is 0 Å². The van der Waals surface area contributed by atoms with Gasteiger partial charge in [-0.3, -0.25) is 4.55 Å². The summed E-state index contributed by atoms with van der Waals surface area (Å²) in [6.07, 6.45) is 0. The van der Waals surface area contributed by atoms with E-state index in [9.17, 15) is 8.42 Å². The van der Waals surface area contributed by atoms with Gasteiger partial charge in [-0.05, 0) is 24.6 Å². The molecule has 0 aliphatic rings. The smallest absolute Gasteiger partial charge is 0.266 e. The fourth-order valence-electron chi connectivity index (χ4n) is 1.30. The van der Waals surface area contributed by atoms with E-state index >= 15 is 0 Å². The first-order valence-electron chi connectivity index (χ1n) is 4.86. The zero-order valence-corrected chi connectivity index (χ0v) is 9.78. The lowest BCUT2D eigenvalue weighted by molar-refractivity contribution is 0.340. The molecular formula is C10H15NO4S. The highest BCUT2D eigenvalue weighted by Gasteiger charge is 2.14. The molecule has 0 heterocycles. The van der Waals surface area contributed by atoms with Crippen molar-refractivity contribution in [1.29, 1.82) is 0 Å². The third-order valence-electron chi connectivity index (χ3n) is 2.01. The molecule has 0 amide bonds. The molecule has 0 spiro atoms. The highest BCUT2D eigenvalue weighted by molar-refractivity contribution is 7.85. The van der Waals surface area contributed by atoms with Crippen LogP contribution in [0.5, 0.6) is 5.75 Å². The number of hydrogen-bond donors (Lipinski definition) is 2. The first-order chi connectivity index (χ1) is 7.42. The number of rotatable bonds is 5. The van der Waals surface area contributed by atoms with E-state index in [-0.39, 0.29) is 0 Å². The Bertz CT molecular complexity index is 427. The van der Waals surface area contributed by atoms with Crippen LogP contribution in [0.25, 0.3) is 0 Å². The van der Waals surface area contributed by atoms with Crippen molar-refractivity contribution >= 4 is 10.1 Å². The van der Waals surface area contributed by atoms with E-state index in [0.717, 1.165) is 0 Å². The molecule has 0 aliphatic heterocycles. The second-order valence-electron chi connectivity index (χ2n) is 3.36. The van der Waals surface area contributed by atoms with Crippen molar-refractivity contribution in [1.82, 2.24) is 0 Å². The second-order valence-corrected chi connectivity index (χ2v) is 4.85. The van der Waals surface area contributed by atoms with E-state index in [2.05, 4.69) is 0 Å². The third kappa shape index (κ3) is 4.18. The van der Waals surface area contributed by atoms with E-state index in [1.807, 2.05) is 6.92 Å². The maximum Gasteiger partial charge on any atom is 0.266 e. The lowest BCUT2D eigenvalue weighted by Gasteiger charge is -2.10. The van der Waals surface area contributed by atoms with Crippen molar-refractivity contribution in [2.75, 3.05) is 12.4 Å². The summed E-state index contributed by atoms with van der Waals surface area (Å²) >= 11 is 0. The van der Waals surface area contributed by atoms with E-state index in [1.54, 1.807) is 24.3 Å². The fourth-order valence-corrected chi connectivity index (χ4v) is 1.95. The van der Waals surface area contributed by atoms with Crippen LogP contribution < -0.4 is 10.5 Å². The summed E-state index contributed by atoms with van der Waals surface area (Å²) in [6, 6.07) is 6.05. The summed E-state index contributed by atoms with van der Waals surface area (Å²) in [5, 5.41) is 0. The predicted octanol–water partition coefficient (Wildman–Crippen LogP) is 0.973. The summed E-state index contributed by atoms with van der Waals surface area (Å²) in [5.74, 6) is 0.214. The first kappa shape index (κ1) is 13.0. The Morgan fingerprint density at radius 3 is 2.38 bits per heavy atom. The van der Waals surface area contributed by atoms with Crippen LogP contribution in [0, 0.1) is 0 Å². The monoisotopic (exact) mass is 245 g/mol. The summed E-state index contributed by atoms with van der Waals surface area (Å²) in [7, 11) is -4.05. The largest absolute Gasteiger partial charge is 0.494 e. The number of hydrogen-bond acceptors (Lipinski definition) is 4. The molecule has 0 saturated carbocycles. The predicted molar refractivity (Wildman–Crippen MR) is 61.0 cm³/mol. The normalized spacial score (nSPS) is 13.4. The summed E-state index contributed by atoms with van der Waals surface area (Å²) < 4.78 is 35.2. The molecule has 0 fully saturated rings. The number of benzene rings is 1. The van der Waals surface area contributed by atoms with Gasteiger partial charge in [0.1, 0.15) is 5.75 Å². The first-order valence-corrected chi connectivity index (χ1v) is 6.47. The zero-order chi connectivity index (χ0) is 12.2. The van der Waals surface area contributed by atoms with Crippen molar-refractivity contribution in [2.45, 2.75) is 13.0 Å². The number of ether oxygens (including phenoxy) is 1. The molecule has 1 aromatic carbocycles. The Hall–Kier alpha value is -1.11. The highest BCUT2D eigenvalue weighted by Crippen LogP contribution is 2.17. The Morgan fingerprint density at radius 2 is 1.94 bits per heavy atom. The average Bonchev–Trinajstić information content (AvgIpc) is 2.16. The third-order valence-corrected chi connectivity index (χ3v) is 2.79. The van der Waals surface area contributed by atoms with Crippen LogP contribution in [-0.2, 0) is 10.1 Å². The Labute approximate surface area is 95.0 Å². The van der Waals surface area contributed by atoms with Crippen LogP contribution in [0.15, 0.2) is 24.3 Å². The maximum absolute atomic E-state index is 10.6. The molecule has 1 aromatic rings. The SMILES string of the molecule is CCOc1ccc(C(N)CS(=O)(=O)O)cc1. The van der Waals surface area contributed by atoms with Crippen molar-refractivity contribution in [2.24, 2.45) is 5.73 Å². The Kier molecular flexibility index (Phi) is 4.28. The molecule has 6 heteroatoms. The lowest BCUT2D eigenvalue weighted by atomic mass is 10.1. The minimum Gasteiger partial charge on any atom is -0.494 e. The van der Waals surface area contributed by atoms with Gasteiger partial charge in [-0.25, -0.2) is 0 Å². The second kappa shape index (κ2) is 5.29. The van der Waals surface area contributed by atoms with Crippen LogP contribution in [-0.4, -0.2) is 25.3 Å². The van der Waals surface area contributed by atoms with Gasteiger partial charge in [0.05, 0.1) is 12.4 Å². The Morgan fingerprint density at radius 1 is 1.38 bits per heavy atom. The molecule has 1 rings (SSSR count). The molecule has 0 saturated heterocycles. The molecule has 1 unspecified atom stereocenters. The van der Waals surface area contributed by atoms with Crippen LogP contribution in [0.1, 0.15) is 18.5 Å². The molecule has 16 heavy (non-hydrogen) atoms. The summed E-state index contributed by atoms with van der Waals surface area (Å²) in [6.45, 7) is 2.44. The van der Waals surface area contributed by atoms with E-state index < -0.39 is 21.9 Å². The standard InChI is InChI=1S/C10H15NO4S/c1-2-15-9-5-3-8(4-6-9)10(11)7-16(12,13)14/h3-6,10H,2,7,11H2,1H3,(H,12,13,14). The van der Waals surface area contributed by atoms with E-state index in [4.69, 9.17) is 15.0 Å². The van der Waals surface area contributed by atoms with Crippen LogP contribution in [0.2, 0.25) is 0 Å². The Balaban J connectivity index is 2.74. The van der Waals surface area contributed by atoms with Gasteiger partial charge in [-0.2, -0.15) is 8.42 Å². The summed E-state index contributed by atoms with van der Waals surface area (Å²) in [5.41, 5.74) is 6.27. The minimum atomic E-state index is -4.05. The van der Waals surface area contributed by atoms with Crippen molar-refractivity contribution in [3.63, 3.8) is 0 Å². The lowest BCUT2D eigenvalue weighted by Crippen LogP contribution is -2.21. The van der Waals surface area contributed by atoms with E-state index in [1.165, 1.54) is 0 Å². The van der Waals surface area contributed by atoms with E-state index in [0.29, 0.717) is 17.9 Å². The van der Waals surface area contributed by atoms with Gasteiger partial charge < -0.3 is 10.5 Å². The molecule has 0 radical (unpaired) electrons. The molecule has 5 nitrogen and oxygen atoms in total. The van der Waals surface area contributed by atoms with Gasteiger partial charge in [0.25, 0.3) is 10.1 Å². The maximum atomic E-state index is 10.6. The molecular weight excluding hydrogens is 230 g/mol. The van der Waals surface area contributed by atoms with Gasteiger partial charge in [0.2, 0.25) is 0 Å².